The van der Waals surface area contributed by atoms with E-state index in [2.05, 4.69) is 9.73 Å². The van der Waals surface area contributed by atoms with Crippen LogP contribution < -0.4 is 0 Å². The topological polar surface area (TPSA) is 58.9 Å². The number of ether oxygens (including phenoxy) is 1. The van der Waals surface area contributed by atoms with Gasteiger partial charge in [-0.2, -0.15) is 0 Å². The molecule has 1 aromatic carbocycles. The van der Waals surface area contributed by atoms with Gasteiger partial charge in [0.05, 0.1) is 7.11 Å². The molecule has 1 N–H and O–H groups in total. The molecule has 96 valence electrons. The average molecular weight is 247 g/mol. The fourth-order valence-electron chi connectivity index (χ4n) is 1.49. The molecule has 4 heteroatoms. The van der Waals surface area contributed by atoms with Crippen molar-refractivity contribution in [3.8, 4) is 0 Å². The molecule has 0 fully saturated rings. The molecule has 0 spiro atoms. The molecule has 0 saturated heterocycles. The third-order valence-corrected chi connectivity index (χ3v) is 2.65. The molecule has 0 aliphatic heterocycles. The Morgan fingerprint density at radius 2 is 1.83 bits per heavy atom. The largest absolute Gasteiger partial charge is 0.506 e. The van der Waals surface area contributed by atoms with Crippen molar-refractivity contribution in [3.63, 3.8) is 0 Å². The number of methoxy groups -OCH3 is 1. The monoisotopic (exact) mass is 247 g/mol. The van der Waals surface area contributed by atoms with Gasteiger partial charge in [-0.05, 0) is 13.8 Å². The summed E-state index contributed by atoms with van der Waals surface area (Å²) in [7, 11) is 2.83. The van der Waals surface area contributed by atoms with Crippen molar-refractivity contribution in [2.24, 2.45) is 4.99 Å². The van der Waals surface area contributed by atoms with Gasteiger partial charge >= 0.3 is 5.97 Å². The number of aliphatic hydroxyl groups is 1. The standard InChI is InChI=1S/C14H17NO3/c1-9-5-7-11(8-6-9)13(16)12(10(2)15-3)14(17)18-4/h5-8,16H,1-4H3/b13-12+,15-10?. The zero-order valence-corrected chi connectivity index (χ0v) is 11.0. The van der Waals surface area contributed by atoms with Crippen LogP contribution in [0.15, 0.2) is 34.8 Å². The molecule has 0 unspecified atom stereocenters. The normalized spacial score (nSPS) is 13.0. The fraction of sp³-hybridized carbons (Fsp3) is 0.286. The van der Waals surface area contributed by atoms with E-state index in [0.717, 1.165) is 5.56 Å². The number of hydrogen-bond acceptors (Lipinski definition) is 4. The molecule has 0 radical (unpaired) electrons. The van der Waals surface area contributed by atoms with Crippen LogP contribution in [0.1, 0.15) is 18.1 Å². The molecule has 0 aliphatic rings. The first-order valence-electron chi connectivity index (χ1n) is 5.53. The zero-order valence-electron chi connectivity index (χ0n) is 11.0. The van der Waals surface area contributed by atoms with E-state index >= 15 is 0 Å². The number of aryl methyl sites for hydroxylation is 1. The molecular formula is C14H17NO3. The molecular weight excluding hydrogens is 230 g/mol. The van der Waals surface area contributed by atoms with Crippen molar-refractivity contribution in [1.82, 2.24) is 0 Å². The highest BCUT2D eigenvalue weighted by Crippen LogP contribution is 2.19. The number of benzene rings is 1. The van der Waals surface area contributed by atoms with E-state index in [1.165, 1.54) is 7.11 Å². The van der Waals surface area contributed by atoms with Gasteiger partial charge in [0, 0.05) is 18.3 Å². The minimum Gasteiger partial charge on any atom is -0.506 e. The predicted molar refractivity (Wildman–Crippen MR) is 71.8 cm³/mol. The number of carbonyl (C=O) groups excluding carboxylic acids is 1. The first-order valence-corrected chi connectivity index (χ1v) is 5.53. The lowest BCUT2D eigenvalue weighted by molar-refractivity contribution is -0.135. The van der Waals surface area contributed by atoms with E-state index in [1.807, 2.05) is 19.1 Å². The average Bonchev–Trinajstić information content (AvgIpc) is 2.39. The Balaban J connectivity index is 3.35. The van der Waals surface area contributed by atoms with Crippen molar-refractivity contribution in [1.29, 1.82) is 0 Å². The molecule has 18 heavy (non-hydrogen) atoms. The summed E-state index contributed by atoms with van der Waals surface area (Å²) in [6.07, 6.45) is 0. The van der Waals surface area contributed by atoms with E-state index < -0.39 is 5.97 Å². The summed E-state index contributed by atoms with van der Waals surface area (Å²) in [5.74, 6) is -0.721. The number of rotatable bonds is 3. The Kier molecular flexibility index (Phi) is 4.66. The van der Waals surface area contributed by atoms with E-state index in [9.17, 15) is 9.90 Å². The van der Waals surface area contributed by atoms with E-state index in [0.29, 0.717) is 11.3 Å². The Morgan fingerprint density at radius 3 is 2.28 bits per heavy atom. The van der Waals surface area contributed by atoms with Crippen LogP contribution in [-0.2, 0) is 9.53 Å². The van der Waals surface area contributed by atoms with Gasteiger partial charge in [-0.3, -0.25) is 4.99 Å². The van der Waals surface area contributed by atoms with Crippen LogP contribution in [0.25, 0.3) is 5.76 Å². The van der Waals surface area contributed by atoms with Crippen molar-refractivity contribution in [2.45, 2.75) is 13.8 Å². The van der Waals surface area contributed by atoms with E-state index in [-0.39, 0.29) is 11.3 Å². The second-order valence-corrected chi connectivity index (χ2v) is 3.89. The number of hydrogen-bond donors (Lipinski definition) is 1. The zero-order chi connectivity index (χ0) is 13.7. The van der Waals surface area contributed by atoms with Gasteiger partial charge in [-0.1, -0.05) is 29.8 Å². The van der Waals surface area contributed by atoms with E-state index in [1.54, 1.807) is 26.1 Å². The Labute approximate surface area is 107 Å². The van der Waals surface area contributed by atoms with Gasteiger partial charge in [0.1, 0.15) is 11.3 Å². The van der Waals surface area contributed by atoms with Crippen molar-refractivity contribution >= 4 is 17.4 Å². The summed E-state index contributed by atoms with van der Waals surface area (Å²) in [4.78, 5) is 15.6. The Morgan fingerprint density at radius 1 is 1.28 bits per heavy atom. The number of nitrogens with zero attached hydrogens (tertiary/aromatic N) is 1. The smallest absolute Gasteiger partial charge is 0.343 e. The fourth-order valence-corrected chi connectivity index (χ4v) is 1.49. The molecule has 1 aromatic rings. The summed E-state index contributed by atoms with van der Waals surface area (Å²) in [6.45, 7) is 3.60. The lowest BCUT2D eigenvalue weighted by Crippen LogP contribution is -2.14. The van der Waals surface area contributed by atoms with Crippen LogP contribution in [0.2, 0.25) is 0 Å². The maximum atomic E-state index is 11.7. The van der Waals surface area contributed by atoms with Gasteiger partial charge in [0.15, 0.2) is 0 Å². The summed E-state index contributed by atoms with van der Waals surface area (Å²) >= 11 is 0. The van der Waals surface area contributed by atoms with Gasteiger partial charge < -0.3 is 9.84 Å². The molecule has 0 heterocycles. The van der Waals surface area contributed by atoms with Crippen LogP contribution in [0.4, 0.5) is 0 Å². The summed E-state index contributed by atoms with van der Waals surface area (Å²) in [5, 5.41) is 10.2. The highest BCUT2D eigenvalue weighted by molar-refractivity contribution is 6.23. The van der Waals surface area contributed by atoms with Crippen molar-refractivity contribution in [2.75, 3.05) is 14.2 Å². The first-order chi connectivity index (χ1) is 8.51. The summed E-state index contributed by atoms with van der Waals surface area (Å²) < 4.78 is 4.66. The highest BCUT2D eigenvalue weighted by Gasteiger charge is 2.19. The molecule has 0 amide bonds. The lowest BCUT2D eigenvalue weighted by Gasteiger charge is -2.09. The van der Waals surface area contributed by atoms with Crippen LogP contribution in [0.5, 0.6) is 0 Å². The first kappa shape index (κ1) is 14.0. The van der Waals surface area contributed by atoms with Crippen LogP contribution in [-0.4, -0.2) is 30.9 Å². The van der Waals surface area contributed by atoms with Crippen LogP contribution in [0.3, 0.4) is 0 Å². The van der Waals surface area contributed by atoms with Gasteiger partial charge in [-0.15, -0.1) is 0 Å². The quantitative estimate of drug-likeness (QED) is 0.386. The second kappa shape index (κ2) is 6.00. The molecule has 0 aromatic heterocycles. The molecule has 0 atom stereocenters. The van der Waals surface area contributed by atoms with Gasteiger partial charge in [0.25, 0.3) is 0 Å². The van der Waals surface area contributed by atoms with Crippen LogP contribution in [0, 0.1) is 6.92 Å². The minimum atomic E-state index is -0.601. The number of aliphatic imine (C=N–C) groups is 1. The molecule has 0 saturated carbocycles. The van der Waals surface area contributed by atoms with E-state index in [4.69, 9.17) is 0 Å². The SMILES string of the molecule is CN=C(C)/C(C(=O)OC)=C(\O)c1ccc(C)cc1. The lowest BCUT2D eigenvalue weighted by atomic mass is 10.0. The molecule has 4 nitrogen and oxygen atoms in total. The van der Waals surface area contributed by atoms with Gasteiger partial charge in [0.2, 0.25) is 0 Å². The second-order valence-electron chi connectivity index (χ2n) is 3.89. The molecule has 0 bridgehead atoms. The van der Waals surface area contributed by atoms with Crippen LogP contribution >= 0.6 is 0 Å². The van der Waals surface area contributed by atoms with Gasteiger partial charge in [-0.25, -0.2) is 4.79 Å². The number of aliphatic hydroxyl groups excluding tert-OH is 1. The molecule has 0 aliphatic carbocycles. The third-order valence-electron chi connectivity index (χ3n) is 2.65. The highest BCUT2D eigenvalue weighted by atomic mass is 16.5. The number of esters is 1. The Hall–Kier alpha value is -2.10. The third kappa shape index (κ3) is 2.97. The summed E-state index contributed by atoms with van der Waals surface area (Å²) in [6, 6.07) is 7.21. The number of carbonyl (C=O) groups is 1. The van der Waals surface area contributed by atoms with Crippen molar-refractivity contribution in [3.05, 3.63) is 41.0 Å². The summed E-state index contributed by atoms with van der Waals surface area (Å²) in [5.41, 5.74) is 2.15. The minimum absolute atomic E-state index is 0.0869. The Bertz CT molecular complexity index is 498. The van der Waals surface area contributed by atoms with Crippen molar-refractivity contribution < 1.29 is 14.6 Å². The maximum absolute atomic E-state index is 11.7. The predicted octanol–water partition coefficient (Wildman–Crippen LogP) is 2.53. The maximum Gasteiger partial charge on any atom is 0.343 e. The molecule has 1 rings (SSSR count).